The highest BCUT2D eigenvalue weighted by Crippen LogP contribution is 2.26. The van der Waals surface area contributed by atoms with Crippen molar-refractivity contribution in [1.29, 1.82) is 0 Å². The number of para-hydroxylation sites is 1. The molecule has 3 rings (SSSR count). The molecule has 1 aromatic heterocycles. The Bertz CT molecular complexity index is 985. The molecule has 1 atom stereocenters. The van der Waals surface area contributed by atoms with Crippen LogP contribution < -0.4 is 10.1 Å². The summed E-state index contributed by atoms with van der Waals surface area (Å²) in [5, 5.41) is 12.3. The van der Waals surface area contributed by atoms with Gasteiger partial charge in [-0.3, -0.25) is 4.79 Å². The predicted octanol–water partition coefficient (Wildman–Crippen LogP) is 5.04. The van der Waals surface area contributed by atoms with Crippen LogP contribution in [-0.2, 0) is 17.8 Å². The smallest absolute Gasteiger partial charge is 0.234 e. The largest absolute Gasteiger partial charge is 0.482 e. The monoisotopic (exact) mass is 424 g/mol. The minimum Gasteiger partial charge on any atom is -0.482 e. The highest BCUT2D eigenvalue weighted by Gasteiger charge is 2.20. The molecule has 7 heteroatoms. The first-order valence-corrected chi connectivity index (χ1v) is 11.2. The highest BCUT2D eigenvalue weighted by molar-refractivity contribution is 7.99. The number of carbonyl (C=O) groups excluding carboxylic acids is 1. The first-order chi connectivity index (χ1) is 14.5. The Balaban J connectivity index is 1.62. The number of nitrogens with one attached hydrogen (secondary N) is 1. The first kappa shape index (κ1) is 21.9. The van der Waals surface area contributed by atoms with E-state index >= 15 is 0 Å². The number of rotatable bonds is 9. The summed E-state index contributed by atoms with van der Waals surface area (Å²) in [5.41, 5.74) is 3.12. The summed E-state index contributed by atoms with van der Waals surface area (Å²) in [6, 6.07) is 15.8. The Kier molecular flexibility index (Phi) is 7.52. The van der Waals surface area contributed by atoms with E-state index in [2.05, 4.69) is 22.4 Å². The topological polar surface area (TPSA) is 69.0 Å². The van der Waals surface area contributed by atoms with Gasteiger partial charge in [-0.05, 0) is 56.5 Å². The molecule has 0 spiro atoms. The van der Waals surface area contributed by atoms with Gasteiger partial charge < -0.3 is 14.6 Å². The minimum atomic E-state index is -0.251. The van der Waals surface area contributed by atoms with Gasteiger partial charge in [-0.15, -0.1) is 10.2 Å². The summed E-state index contributed by atoms with van der Waals surface area (Å²) in [6.07, 6.45) is 0.726. The fourth-order valence-corrected chi connectivity index (χ4v) is 3.90. The molecule has 1 amide bonds. The number of anilines is 1. The van der Waals surface area contributed by atoms with Gasteiger partial charge in [0.1, 0.15) is 5.75 Å². The molecule has 0 aliphatic heterocycles. The van der Waals surface area contributed by atoms with Crippen molar-refractivity contribution in [2.45, 2.75) is 51.9 Å². The fourth-order valence-electron chi connectivity index (χ4n) is 3.09. The van der Waals surface area contributed by atoms with E-state index in [-0.39, 0.29) is 17.8 Å². The Morgan fingerprint density at radius 3 is 2.53 bits per heavy atom. The number of ether oxygens (including phenoxy) is 1. The van der Waals surface area contributed by atoms with Crippen molar-refractivity contribution in [2.75, 3.05) is 11.1 Å². The van der Waals surface area contributed by atoms with Gasteiger partial charge in [0, 0.05) is 12.2 Å². The Hall–Kier alpha value is -2.80. The van der Waals surface area contributed by atoms with Crippen molar-refractivity contribution in [3.63, 3.8) is 0 Å². The van der Waals surface area contributed by atoms with E-state index in [1.54, 1.807) is 0 Å². The second-order valence-electron chi connectivity index (χ2n) is 7.00. The van der Waals surface area contributed by atoms with Crippen molar-refractivity contribution in [1.82, 2.24) is 14.8 Å². The van der Waals surface area contributed by atoms with Gasteiger partial charge >= 0.3 is 0 Å². The molecular formula is C23H28N4O2S. The Morgan fingerprint density at radius 1 is 1.13 bits per heavy atom. The molecule has 0 saturated carbocycles. The van der Waals surface area contributed by atoms with E-state index < -0.39 is 0 Å². The third-order valence-corrected chi connectivity index (χ3v) is 5.77. The number of aromatic nitrogens is 3. The third-order valence-electron chi connectivity index (χ3n) is 4.80. The lowest BCUT2D eigenvalue weighted by molar-refractivity contribution is -0.113. The number of thioether (sulfide) groups is 1. The SMILES string of the molecule is CCc1ccc(NC(=O)CSc2nnc(C(C)Oc3ccccc3C)n2CC)cc1. The second kappa shape index (κ2) is 10.3. The molecule has 6 nitrogen and oxygen atoms in total. The van der Waals surface area contributed by atoms with Crippen molar-refractivity contribution in [2.24, 2.45) is 0 Å². The second-order valence-corrected chi connectivity index (χ2v) is 7.94. The van der Waals surface area contributed by atoms with E-state index in [1.807, 2.05) is 73.9 Å². The third kappa shape index (κ3) is 5.42. The molecule has 0 bridgehead atoms. The van der Waals surface area contributed by atoms with Crippen molar-refractivity contribution in [3.05, 3.63) is 65.5 Å². The number of benzene rings is 2. The standard InChI is InChI=1S/C23H28N4O2S/c1-5-18-11-13-19(14-12-18)24-21(28)15-30-23-26-25-22(27(23)6-2)17(4)29-20-10-8-7-9-16(20)3/h7-14,17H,5-6,15H2,1-4H3,(H,24,28). The molecule has 0 radical (unpaired) electrons. The Labute approximate surface area is 182 Å². The van der Waals surface area contributed by atoms with E-state index in [0.717, 1.165) is 29.2 Å². The van der Waals surface area contributed by atoms with Crippen LogP contribution in [0.15, 0.2) is 53.7 Å². The summed E-state index contributed by atoms with van der Waals surface area (Å²) >= 11 is 1.38. The zero-order chi connectivity index (χ0) is 21.5. The number of carbonyl (C=O) groups is 1. The van der Waals surface area contributed by atoms with Gasteiger partial charge in [0.2, 0.25) is 5.91 Å². The average molecular weight is 425 g/mol. The zero-order valence-electron chi connectivity index (χ0n) is 17.9. The molecule has 1 N–H and O–H groups in total. The van der Waals surface area contributed by atoms with Crippen LogP contribution in [0.5, 0.6) is 5.75 Å². The van der Waals surface area contributed by atoms with Crippen LogP contribution in [0.3, 0.4) is 0 Å². The van der Waals surface area contributed by atoms with Crippen molar-refractivity contribution in [3.8, 4) is 5.75 Å². The van der Waals surface area contributed by atoms with E-state index in [9.17, 15) is 4.79 Å². The van der Waals surface area contributed by atoms with E-state index in [1.165, 1.54) is 17.3 Å². The molecular weight excluding hydrogens is 396 g/mol. The summed E-state index contributed by atoms with van der Waals surface area (Å²) in [6.45, 7) is 8.82. The van der Waals surface area contributed by atoms with Crippen LogP contribution in [0.4, 0.5) is 5.69 Å². The number of hydrogen-bond acceptors (Lipinski definition) is 5. The van der Waals surface area contributed by atoms with Gasteiger partial charge in [0.05, 0.1) is 5.75 Å². The summed E-state index contributed by atoms with van der Waals surface area (Å²) in [5.74, 6) is 1.78. The lowest BCUT2D eigenvalue weighted by atomic mass is 10.1. The maximum atomic E-state index is 12.3. The molecule has 3 aromatic rings. The normalized spacial score (nSPS) is 11.9. The van der Waals surface area contributed by atoms with Crippen LogP contribution >= 0.6 is 11.8 Å². The van der Waals surface area contributed by atoms with Gasteiger partial charge in [-0.1, -0.05) is 49.0 Å². The summed E-state index contributed by atoms with van der Waals surface area (Å²) in [4.78, 5) is 12.3. The van der Waals surface area contributed by atoms with Crippen LogP contribution in [-0.4, -0.2) is 26.4 Å². The molecule has 2 aromatic carbocycles. The predicted molar refractivity (Wildman–Crippen MR) is 121 cm³/mol. The van der Waals surface area contributed by atoms with Gasteiger partial charge in [0.25, 0.3) is 0 Å². The molecule has 1 unspecified atom stereocenters. The summed E-state index contributed by atoms with van der Waals surface area (Å²) < 4.78 is 8.10. The maximum Gasteiger partial charge on any atom is 0.234 e. The number of aryl methyl sites for hydroxylation is 2. The lowest BCUT2D eigenvalue weighted by Gasteiger charge is -2.17. The van der Waals surface area contributed by atoms with E-state index in [0.29, 0.717) is 11.7 Å². The molecule has 158 valence electrons. The summed E-state index contributed by atoms with van der Waals surface area (Å²) in [7, 11) is 0. The van der Waals surface area contributed by atoms with Gasteiger partial charge in [-0.25, -0.2) is 0 Å². The first-order valence-electron chi connectivity index (χ1n) is 10.2. The van der Waals surface area contributed by atoms with Crippen molar-refractivity contribution < 1.29 is 9.53 Å². The van der Waals surface area contributed by atoms with Crippen LogP contribution in [0.25, 0.3) is 0 Å². The number of amides is 1. The highest BCUT2D eigenvalue weighted by atomic mass is 32.2. The molecule has 0 aliphatic rings. The van der Waals surface area contributed by atoms with E-state index in [4.69, 9.17) is 4.74 Å². The lowest BCUT2D eigenvalue weighted by Crippen LogP contribution is -2.15. The van der Waals surface area contributed by atoms with Crippen LogP contribution in [0, 0.1) is 6.92 Å². The van der Waals surface area contributed by atoms with Gasteiger partial charge in [0.15, 0.2) is 17.1 Å². The van der Waals surface area contributed by atoms with Gasteiger partial charge in [-0.2, -0.15) is 0 Å². The molecule has 1 heterocycles. The number of nitrogens with zero attached hydrogens (tertiary/aromatic N) is 3. The molecule has 0 saturated heterocycles. The zero-order valence-corrected chi connectivity index (χ0v) is 18.7. The minimum absolute atomic E-state index is 0.0688. The van der Waals surface area contributed by atoms with Crippen molar-refractivity contribution >= 4 is 23.4 Å². The Morgan fingerprint density at radius 2 is 1.87 bits per heavy atom. The maximum absolute atomic E-state index is 12.3. The molecule has 0 aliphatic carbocycles. The average Bonchev–Trinajstić information content (AvgIpc) is 3.17. The molecule has 30 heavy (non-hydrogen) atoms. The quantitative estimate of drug-likeness (QED) is 0.487. The van der Waals surface area contributed by atoms with Crippen LogP contribution in [0.1, 0.15) is 43.8 Å². The molecule has 0 fully saturated rings. The van der Waals surface area contributed by atoms with Crippen LogP contribution in [0.2, 0.25) is 0 Å². The number of hydrogen-bond donors (Lipinski definition) is 1. The fraction of sp³-hybridized carbons (Fsp3) is 0.348.